The summed E-state index contributed by atoms with van der Waals surface area (Å²) in [6, 6.07) is 4.74. The molecule has 2 aromatic rings. The monoisotopic (exact) mass is 506 g/mol. The van der Waals surface area contributed by atoms with E-state index in [1.54, 1.807) is 11.3 Å². The second-order valence-corrected chi connectivity index (χ2v) is 11.1. The molecule has 0 spiro atoms. The fraction of sp³-hybridized carbons (Fsp3) is 0.586. The van der Waals surface area contributed by atoms with Crippen molar-refractivity contribution in [2.45, 2.75) is 97.9 Å². The number of nitrogens with zero attached hydrogens (tertiary/aromatic N) is 5. The molecule has 6 nitrogen and oxygen atoms in total. The SMILES string of the molecule is CCCCN(c1nccc(C(=NC)C(CC)=C(C)[C@@]2(C)CCCc3sc(N)c(C#N)c32)n1)[C@@H](C)CC. The van der Waals surface area contributed by atoms with Crippen LogP contribution < -0.4 is 10.6 Å². The molecule has 36 heavy (non-hydrogen) atoms. The molecule has 0 aromatic carbocycles. The van der Waals surface area contributed by atoms with Crippen molar-refractivity contribution in [3.8, 4) is 6.07 Å². The average Bonchev–Trinajstić information content (AvgIpc) is 3.23. The molecule has 0 bridgehead atoms. The molecule has 194 valence electrons. The van der Waals surface area contributed by atoms with Gasteiger partial charge >= 0.3 is 0 Å². The van der Waals surface area contributed by atoms with Gasteiger partial charge in [-0.2, -0.15) is 5.26 Å². The first kappa shape index (κ1) is 27.9. The van der Waals surface area contributed by atoms with Gasteiger partial charge in [0.2, 0.25) is 5.95 Å². The molecule has 0 amide bonds. The van der Waals surface area contributed by atoms with Gasteiger partial charge in [-0.1, -0.05) is 39.7 Å². The lowest BCUT2D eigenvalue weighted by Gasteiger charge is -2.37. The van der Waals surface area contributed by atoms with Crippen molar-refractivity contribution in [3.63, 3.8) is 0 Å². The Kier molecular flexibility index (Phi) is 9.30. The van der Waals surface area contributed by atoms with Gasteiger partial charge in [-0.15, -0.1) is 11.3 Å². The number of aromatic nitrogens is 2. The van der Waals surface area contributed by atoms with Gasteiger partial charge < -0.3 is 10.6 Å². The van der Waals surface area contributed by atoms with E-state index in [1.165, 1.54) is 16.0 Å². The van der Waals surface area contributed by atoms with Gasteiger partial charge in [-0.25, -0.2) is 9.97 Å². The van der Waals surface area contributed by atoms with Crippen LogP contribution in [-0.2, 0) is 11.8 Å². The Hall–Kier alpha value is -2.72. The summed E-state index contributed by atoms with van der Waals surface area (Å²) in [5.74, 6) is 0.771. The number of aliphatic imine (C=N–C) groups is 1. The Bertz CT molecular complexity index is 1170. The van der Waals surface area contributed by atoms with Crippen LogP contribution in [-0.4, -0.2) is 35.3 Å². The number of nitrogen functional groups attached to an aromatic ring is 1. The molecule has 1 aliphatic carbocycles. The van der Waals surface area contributed by atoms with E-state index in [4.69, 9.17) is 15.7 Å². The first-order chi connectivity index (χ1) is 17.3. The Morgan fingerprint density at radius 3 is 2.72 bits per heavy atom. The van der Waals surface area contributed by atoms with Crippen molar-refractivity contribution >= 4 is 28.0 Å². The highest BCUT2D eigenvalue weighted by Crippen LogP contribution is 2.50. The first-order valence-corrected chi connectivity index (χ1v) is 14.2. The molecule has 0 radical (unpaired) electrons. The molecule has 0 saturated carbocycles. The molecular weight excluding hydrogens is 464 g/mol. The predicted molar refractivity (Wildman–Crippen MR) is 153 cm³/mol. The number of rotatable bonds is 10. The van der Waals surface area contributed by atoms with E-state index in [2.05, 4.69) is 57.5 Å². The highest BCUT2D eigenvalue weighted by Gasteiger charge is 2.40. The Morgan fingerprint density at radius 2 is 2.11 bits per heavy atom. The number of anilines is 2. The lowest BCUT2D eigenvalue weighted by atomic mass is 9.66. The molecule has 2 heterocycles. The minimum Gasteiger partial charge on any atom is -0.389 e. The van der Waals surface area contributed by atoms with Crippen LogP contribution in [0.3, 0.4) is 0 Å². The Balaban J connectivity index is 2.12. The zero-order valence-electron chi connectivity index (χ0n) is 23.1. The van der Waals surface area contributed by atoms with E-state index < -0.39 is 0 Å². The van der Waals surface area contributed by atoms with Crippen LogP contribution in [0.5, 0.6) is 0 Å². The zero-order chi connectivity index (χ0) is 26.5. The third-order valence-corrected chi connectivity index (χ3v) is 8.99. The van der Waals surface area contributed by atoms with Gasteiger partial charge in [0.15, 0.2) is 0 Å². The number of unbranched alkanes of at least 4 members (excludes halogenated alkanes) is 1. The third-order valence-electron chi connectivity index (χ3n) is 7.91. The minimum atomic E-state index is -0.256. The normalized spacial score (nSPS) is 19.3. The van der Waals surface area contributed by atoms with Crippen LogP contribution in [0.4, 0.5) is 10.9 Å². The fourth-order valence-electron chi connectivity index (χ4n) is 5.50. The van der Waals surface area contributed by atoms with E-state index in [0.717, 1.165) is 74.4 Å². The quantitative estimate of drug-likeness (QED) is 0.356. The zero-order valence-corrected chi connectivity index (χ0v) is 23.9. The number of aryl methyl sites for hydroxylation is 1. The molecule has 1 aliphatic rings. The number of nitriles is 1. The summed E-state index contributed by atoms with van der Waals surface area (Å²) in [6.45, 7) is 14.3. The standard InChI is InChI=1S/C29H42N6S/c1-8-11-17-35(19(4)9-2)28-33-16-14-23(34-28)26(32-7)21(10-3)20(5)29(6)15-12-13-24-25(29)22(18-30)27(31)36-24/h14,16,19H,8-13,15,17,31H2,1-7H3/t19-,29+/m0/s1. The van der Waals surface area contributed by atoms with Crippen molar-refractivity contribution in [1.29, 1.82) is 5.26 Å². The Morgan fingerprint density at radius 1 is 1.36 bits per heavy atom. The summed E-state index contributed by atoms with van der Waals surface area (Å²) >= 11 is 1.58. The van der Waals surface area contributed by atoms with Crippen LogP contribution in [0.25, 0.3) is 0 Å². The van der Waals surface area contributed by atoms with Gasteiger partial charge in [0.25, 0.3) is 0 Å². The molecule has 0 unspecified atom stereocenters. The Labute approximate surface area is 221 Å². The van der Waals surface area contributed by atoms with E-state index in [0.29, 0.717) is 16.6 Å². The third kappa shape index (κ3) is 5.20. The van der Waals surface area contributed by atoms with E-state index >= 15 is 0 Å². The molecule has 0 aliphatic heterocycles. The smallest absolute Gasteiger partial charge is 0.226 e. The first-order valence-electron chi connectivity index (χ1n) is 13.4. The number of nitrogens with two attached hydrogens (primary N) is 1. The fourth-order valence-corrected chi connectivity index (χ4v) is 6.69. The summed E-state index contributed by atoms with van der Waals surface area (Å²) in [5.41, 5.74) is 12.0. The van der Waals surface area contributed by atoms with Gasteiger partial charge in [0.05, 0.1) is 17.0 Å². The number of thiophene rings is 1. The van der Waals surface area contributed by atoms with Gasteiger partial charge in [-0.3, -0.25) is 4.99 Å². The van der Waals surface area contributed by atoms with Gasteiger partial charge in [-0.05, 0) is 69.6 Å². The number of fused-ring (bicyclic) bond motifs is 1. The van der Waals surface area contributed by atoms with Crippen LogP contribution in [0.2, 0.25) is 0 Å². The van der Waals surface area contributed by atoms with E-state index in [-0.39, 0.29) is 5.41 Å². The largest absolute Gasteiger partial charge is 0.389 e. The second kappa shape index (κ2) is 12.0. The molecule has 2 aromatic heterocycles. The minimum absolute atomic E-state index is 0.256. The maximum Gasteiger partial charge on any atom is 0.226 e. The van der Waals surface area contributed by atoms with Crippen molar-refractivity contribution in [2.75, 3.05) is 24.2 Å². The maximum atomic E-state index is 9.93. The van der Waals surface area contributed by atoms with Gasteiger partial charge in [0.1, 0.15) is 11.1 Å². The molecule has 0 saturated heterocycles. The number of allylic oxidation sites excluding steroid dienone is 2. The summed E-state index contributed by atoms with van der Waals surface area (Å²) in [4.78, 5) is 18.1. The summed E-state index contributed by atoms with van der Waals surface area (Å²) < 4.78 is 0. The average molecular weight is 507 g/mol. The molecule has 2 atom stereocenters. The topological polar surface area (TPSA) is 91.2 Å². The van der Waals surface area contributed by atoms with E-state index in [9.17, 15) is 5.26 Å². The van der Waals surface area contributed by atoms with Crippen LogP contribution in [0, 0.1) is 11.3 Å². The highest BCUT2D eigenvalue weighted by molar-refractivity contribution is 7.16. The van der Waals surface area contributed by atoms with Gasteiger partial charge in [0, 0.05) is 36.1 Å². The van der Waals surface area contributed by atoms with Crippen molar-refractivity contribution < 1.29 is 0 Å². The maximum absolute atomic E-state index is 9.93. The molecule has 2 N–H and O–H groups in total. The van der Waals surface area contributed by atoms with Crippen LogP contribution >= 0.6 is 11.3 Å². The number of hydrogen-bond acceptors (Lipinski definition) is 7. The van der Waals surface area contributed by atoms with Crippen molar-refractivity contribution in [1.82, 2.24) is 9.97 Å². The lowest BCUT2D eigenvalue weighted by molar-refractivity contribution is 0.457. The lowest BCUT2D eigenvalue weighted by Crippen LogP contribution is -2.35. The van der Waals surface area contributed by atoms with Crippen LogP contribution in [0.15, 0.2) is 28.4 Å². The summed E-state index contributed by atoms with van der Waals surface area (Å²) in [7, 11) is 1.85. The summed E-state index contributed by atoms with van der Waals surface area (Å²) in [6.07, 6.45) is 9.04. The van der Waals surface area contributed by atoms with E-state index in [1.807, 2.05) is 19.3 Å². The predicted octanol–water partition coefficient (Wildman–Crippen LogP) is 6.84. The molecule has 3 rings (SSSR count). The molecule has 7 heteroatoms. The second-order valence-electron chi connectivity index (χ2n) is 10.0. The molecular formula is C29H42N6S. The molecule has 0 fully saturated rings. The van der Waals surface area contributed by atoms with Crippen molar-refractivity contribution in [3.05, 3.63) is 45.1 Å². The van der Waals surface area contributed by atoms with Crippen LogP contribution in [0.1, 0.15) is 102 Å². The summed E-state index contributed by atoms with van der Waals surface area (Å²) in [5, 5.41) is 10.6. The highest BCUT2D eigenvalue weighted by atomic mass is 32.1. The number of hydrogen-bond donors (Lipinski definition) is 1. The van der Waals surface area contributed by atoms with Crippen molar-refractivity contribution in [2.24, 2.45) is 4.99 Å².